The molecule has 0 aliphatic carbocycles. The molecule has 0 spiro atoms. The number of benzene rings is 2. The molecule has 2 aliphatic rings. The van der Waals surface area contributed by atoms with Crippen molar-refractivity contribution in [2.24, 2.45) is 0 Å². The van der Waals surface area contributed by atoms with Crippen LogP contribution in [0, 0.1) is 5.82 Å². The Morgan fingerprint density at radius 2 is 1.77 bits per heavy atom. The lowest BCUT2D eigenvalue weighted by Gasteiger charge is -2.32. The van der Waals surface area contributed by atoms with Crippen molar-refractivity contribution < 1.29 is 18.4 Å². The van der Waals surface area contributed by atoms with Crippen molar-refractivity contribution in [1.82, 2.24) is 4.57 Å². The van der Waals surface area contributed by atoms with Gasteiger partial charge in [-0.15, -0.1) is 11.3 Å². The van der Waals surface area contributed by atoms with E-state index >= 15 is 4.39 Å². The van der Waals surface area contributed by atoms with Crippen LogP contribution in [0.15, 0.2) is 48.5 Å². The largest absolute Gasteiger partial charge is 0.494 e. The van der Waals surface area contributed by atoms with Crippen molar-refractivity contribution in [2.45, 2.75) is 58.5 Å². The summed E-state index contributed by atoms with van der Waals surface area (Å²) in [4.78, 5) is 2.33. The highest BCUT2D eigenvalue weighted by Crippen LogP contribution is 2.47. The first-order valence-corrected chi connectivity index (χ1v) is 13.0. The molecule has 6 rings (SSSR count). The molecule has 0 amide bonds. The van der Waals surface area contributed by atoms with Crippen molar-refractivity contribution >= 4 is 46.4 Å². The topological polar surface area (TPSA) is 32.6 Å². The van der Waals surface area contributed by atoms with Crippen LogP contribution < -0.4 is 10.2 Å². The number of aromatic nitrogens is 1. The summed E-state index contributed by atoms with van der Waals surface area (Å²) >= 11 is 7.90. The van der Waals surface area contributed by atoms with Crippen molar-refractivity contribution in [3.05, 3.63) is 69.1 Å². The van der Waals surface area contributed by atoms with E-state index in [1.165, 1.54) is 10.9 Å². The van der Waals surface area contributed by atoms with Gasteiger partial charge in [0.15, 0.2) is 0 Å². The number of hydrogen-bond donors (Lipinski definition) is 0. The van der Waals surface area contributed by atoms with Gasteiger partial charge in [0.1, 0.15) is 11.6 Å². The van der Waals surface area contributed by atoms with Crippen LogP contribution in [0.2, 0.25) is 5.02 Å². The monoisotopic (exact) mass is 509 g/mol. The van der Waals surface area contributed by atoms with Crippen LogP contribution in [0.3, 0.4) is 0 Å². The maximum absolute atomic E-state index is 15.2. The Kier molecular flexibility index (Phi) is 5.18. The van der Waals surface area contributed by atoms with Gasteiger partial charge in [0.25, 0.3) is 0 Å². The molecular formula is C27H26BClFNO3S. The van der Waals surface area contributed by atoms with Crippen LogP contribution in [0.1, 0.15) is 50.6 Å². The summed E-state index contributed by atoms with van der Waals surface area (Å²) in [6, 6.07) is 15.4. The minimum absolute atomic E-state index is 0.313. The molecule has 2 aliphatic heterocycles. The van der Waals surface area contributed by atoms with Crippen LogP contribution in [0.5, 0.6) is 5.75 Å². The van der Waals surface area contributed by atoms with Crippen LogP contribution in [-0.4, -0.2) is 22.9 Å². The standard InChI is InChI=1S/C27H26BClFNO3S/c1-6-18-8-10-23(35-18)25-31-20-9-7-16(28-33-26(2,3)27(4,5)34-28)11-15(20)12-21(31)24-19(30)13-17(29)14-22(24)32-25/h7-14,25H,6H2,1-5H3. The maximum atomic E-state index is 15.2. The second kappa shape index (κ2) is 7.84. The lowest BCUT2D eigenvalue weighted by Crippen LogP contribution is -2.41. The summed E-state index contributed by atoms with van der Waals surface area (Å²) in [6.07, 6.45) is 0.534. The van der Waals surface area contributed by atoms with E-state index in [2.05, 4.69) is 29.7 Å². The van der Waals surface area contributed by atoms with Crippen molar-refractivity contribution in [1.29, 1.82) is 0 Å². The molecular weight excluding hydrogens is 484 g/mol. The molecule has 180 valence electrons. The Labute approximate surface area is 213 Å². The first-order chi connectivity index (χ1) is 16.6. The SMILES string of the molecule is CCc1ccc(C2Oc3cc(Cl)cc(F)c3-c3cc4cc(B5OC(C)(C)C(C)(C)O5)ccc4n32)s1. The van der Waals surface area contributed by atoms with Gasteiger partial charge in [-0.25, -0.2) is 4.39 Å². The molecule has 1 fully saturated rings. The summed E-state index contributed by atoms with van der Waals surface area (Å²) < 4.78 is 36.2. The first-order valence-electron chi connectivity index (χ1n) is 11.8. The molecule has 8 heteroatoms. The predicted octanol–water partition coefficient (Wildman–Crippen LogP) is 6.96. The molecule has 4 nitrogen and oxygen atoms in total. The fourth-order valence-corrected chi connectivity index (χ4v) is 5.96. The fourth-order valence-electron chi connectivity index (χ4n) is 4.79. The van der Waals surface area contributed by atoms with Crippen LogP contribution >= 0.6 is 22.9 Å². The Hall–Kier alpha value is -2.32. The highest BCUT2D eigenvalue weighted by molar-refractivity contribution is 7.12. The molecule has 4 aromatic rings. The predicted molar refractivity (Wildman–Crippen MR) is 141 cm³/mol. The Balaban J connectivity index is 1.52. The minimum atomic E-state index is -0.472. The van der Waals surface area contributed by atoms with Crippen molar-refractivity contribution in [3.63, 3.8) is 0 Å². The van der Waals surface area contributed by atoms with Gasteiger partial charge in [-0.05, 0) is 76.0 Å². The number of fused-ring (bicyclic) bond motifs is 5. The Morgan fingerprint density at radius 1 is 1.03 bits per heavy atom. The van der Waals surface area contributed by atoms with Gasteiger partial charge in [0, 0.05) is 15.3 Å². The molecule has 2 aromatic heterocycles. The molecule has 1 saturated heterocycles. The summed E-state index contributed by atoms with van der Waals surface area (Å²) in [7, 11) is -0.472. The number of rotatable bonds is 3. The van der Waals surface area contributed by atoms with Gasteiger partial charge in [-0.2, -0.15) is 0 Å². The fraction of sp³-hybridized carbons (Fsp3) is 0.333. The molecule has 0 radical (unpaired) electrons. The summed E-state index contributed by atoms with van der Waals surface area (Å²) in [5, 5.41) is 1.28. The van der Waals surface area contributed by atoms with Gasteiger partial charge < -0.3 is 14.0 Å². The Morgan fingerprint density at radius 3 is 2.46 bits per heavy atom. The van der Waals surface area contributed by atoms with Gasteiger partial charge >= 0.3 is 7.12 Å². The van der Waals surface area contributed by atoms with E-state index in [-0.39, 0.29) is 0 Å². The maximum Gasteiger partial charge on any atom is 0.494 e. The zero-order chi connectivity index (χ0) is 24.7. The zero-order valence-corrected chi connectivity index (χ0v) is 21.9. The van der Waals surface area contributed by atoms with Gasteiger partial charge in [0.2, 0.25) is 6.23 Å². The minimum Gasteiger partial charge on any atom is -0.464 e. The summed E-state index contributed by atoms with van der Waals surface area (Å²) in [5.41, 5.74) is 2.21. The highest BCUT2D eigenvalue weighted by Gasteiger charge is 2.51. The number of hydrogen-bond acceptors (Lipinski definition) is 4. The molecule has 4 heterocycles. The molecule has 35 heavy (non-hydrogen) atoms. The van der Waals surface area contributed by atoms with E-state index in [0.717, 1.165) is 33.4 Å². The van der Waals surface area contributed by atoms with Gasteiger partial charge in [0.05, 0.1) is 32.9 Å². The van der Waals surface area contributed by atoms with E-state index in [1.807, 2.05) is 45.9 Å². The quantitative estimate of drug-likeness (QED) is 0.280. The van der Waals surface area contributed by atoms with Crippen molar-refractivity contribution in [2.75, 3.05) is 0 Å². The first kappa shape index (κ1) is 23.1. The lowest BCUT2D eigenvalue weighted by molar-refractivity contribution is 0.00578. The van der Waals surface area contributed by atoms with E-state index < -0.39 is 30.4 Å². The highest BCUT2D eigenvalue weighted by atomic mass is 35.5. The second-order valence-corrected chi connectivity index (χ2v) is 11.8. The van der Waals surface area contributed by atoms with Crippen LogP contribution in [0.4, 0.5) is 4.39 Å². The van der Waals surface area contributed by atoms with E-state index in [1.54, 1.807) is 17.4 Å². The molecule has 0 N–H and O–H groups in total. The third-order valence-corrected chi connectivity index (χ3v) is 8.89. The van der Waals surface area contributed by atoms with E-state index in [4.69, 9.17) is 25.6 Å². The van der Waals surface area contributed by atoms with Crippen LogP contribution in [0.25, 0.3) is 22.2 Å². The third-order valence-electron chi connectivity index (χ3n) is 7.41. The summed E-state index contributed by atoms with van der Waals surface area (Å²) in [5.74, 6) is 0.0505. The van der Waals surface area contributed by atoms with Crippen molar-refractivity contribution in [3.8, 4) is 17.0 Å². The summed E-state index contributed by atoms with van der Waals surface area (Å²) in [6.45, 7) is 10.3. The average Bonchev–Trinajstić information content (AvgIpc) is 3.46. The van der Waals surface area contributed by atoms with Crippen LogP contribution in [-0.2, 0) is 15.7 Å². The van der Waals surface area contributed by atoms with E-state index in [0.29, 0.717) is 16.3 Å². The molecule has 1 atom stereocenters. The number of halogens is 2. The lowest BCUT2D eigenvalue weighted by atomic mass is 9.78. The van der Waals surface area contributed by atoms with Gasteiger partial charge in [-0.3, -0.25) is 4.57 Å². The molecule has 1 unspecified atom stereocenters. The molecule has 2 aromatic carbocycles. The second-order valence-electron chi connectivity index (χ2n) is 10.2. The Bertz CT molecular complexity index is 1460. The third kappa shape index (κ3) is 3.55. The molecule has 0 bridgehead atoms. The smallest absolute Gasteiger partial charge is 0.464 e. The average molecular weight is 510 g/mol. The normalized spacial score (nSPS) is 20.1. The number of thiophene rings is 1. The number of ether oxygens (including phenoxy) is 1. The van der Waals surface area contributed by atoms with E-state index in [9.17, 15) is 0 Å². The number of aryl methyl sites for hydroxylation is 1. The number of nitrogens with zero attached hydrogens (tertiary/aromatic N) is 1. The molecule has 0 saturated carbocycles. The zero-order valence-electron chi connectivity index (χ0n) is 20.3. The van der Waals surface area contributed by atoms with Gasteiger partial charge in [-0.1, -0.05) is 30.7 Å².